The predicted molar refractivity (Wildman–Crippen MR) is 95.7 cm³/mol. The van der Waals surface area contributed by atoms with E-state index in [9.17, 15) is 4.39 Å². The Bertz CT molecular complexity index is 877. The van der Waals surface area contributed by atoms with Crippen molar-refractivity contribution in [3.8, 4) is 0 Å². The molecule has 0 spiro atoms. The van der Waals surface area contributed by atoms with Crippen LogP contribution in [0.15, 0.2) is 48.5 Å². The molecule has 0 atom stereocenters. The highest BCUT2D eigenvalue weighted by molar-refractivity contribution is 5.62. The summed E-state index contributed by atoms with van der Waals surface area (Å²) in [6.07, 6.45) is 0. The second-order valence-corrected chi connectivity index (χ2v) is 5.80. The van der Waals surface area contributed by atoms with Crippen LogP contribution in [0.25, 0.3) is 0 Å². The van der Waals surface area contributed by atoms with E-state index in [0.717, 1.165) is 16.9 Å². The minimum Gasteiger partial charge on any atom is -0.340 e. The standard InChI is InChI=1S/C19H19FN4/c1-12-7-8-17(13(2)9-12)23-19-21-14(3)10-18(24-19)22-16-6-4-5-15(20)11-16/h4-11H,1-3H3,(H2,21,22,23,24). The Hall–Kier alpha value is -2.95. The lowest BCUT2D eigenvalue weighted by atomic mass is 10.1. The number of nitrogens with one attached hydrogen (secondary N) is 2. The minimum atomic E-state index is -0.292. The number of halogens is 1. The lowest BCUT2D eigenvalue weighted by Crippen LogP contribution is -2.03. The van der Waals surface area contributed by atoms with Crippen molar-refractivity contribution in [2.24, 2.45) is 0 Å². The molecule has 5 heteroatoms. The summed E-state index contributed by atoms with van der Waals surface area (Å²) in [5.74, 6) is 0.820. The average molecular weight is 322 g/mol. The first-order chi connectivity index (χ1) is 11.5. The Kier molecular flexibility index (Phi) is 4.42. The number of benzene rings is 2. The van der Waals surface area contributed by atoms with Gasteiger partial charge in [0.05, 0.1) is 0 Å². The van der Waals surface area contributed by atoms with Gasteiger partial charge in [-0.05, 0) is 50.6 Å². The van der Waals surface area contributed by atoms with Crippen LogP contribution < -0.4 is 10.6 Å². The molecule has 0 saturated heterocycles. The molecule has 0 aliphatic heterocycles. The van der Waals surface area contributed by atoms with Gasteiger partial charge in [-0.3, -0.25) is 0 Å². The monoisotopic (exact) mass is 322 g/mol. The van der Waals surface area contributed by atoms with Crippen molar-refractivity contribution in [3.63, 3.8) is 0 Å². The van der Waals surface area contributed by atoms with Gasteiger partial charge in [-0.2, -0.15) is 4.98 Å². The summed E-state index contributed by atoms with van der Waals surface area (Å²) in [6, 6.07) is 14.2. The lowest BCUT2D eigenvalue weighted by Gasteiger charge is -2.12. The van der Waals surface area contributed by atoms with Crippen LogP contribution in [0.2, 0.25) is 0 Å². The zero-order valence-corrected chi connectivity index (χ0v) is 13.9. The summed E-state index contributed by atoms with van der Waals surface area (Å²) >= 11 is 0. The maximum atomic E-state index is 13.3. The van der Waals surface area contributed by atoms with Crippen LogP contribution in [0.4, 0.5) is 27.5 Å². The van der Waals surface area contributed by atoms with Gasteiger partial charge >= 0.3 is 0 Å². The number of aryl methyl sites for hydroxylation is 3. The number of hydrogen-bond acceptors (Lipinski definition) is 4. The van der Waals surface area contributed by atoms with Crippen LogP contribution >= 0.6 is 0 Å². The van der Waals surface area contributed by atoms with Crippen molar-refractivity contribution >= 4 is 23.1 Å². The number of hydrogen-bond donors (Lipinski definition) is 2. The van der Waals surface area contributed by atoms with E-state index in [1.54, 1.807) is 12.1 Å². The zero-order valence-electron chi connectivity index (χ0n) is 13.9. The molecule has 0 unspecified atom stereocenters. The minimum absolute atomic E-state index is 0.292. The lowest BCUT2D eigenvalue weighted by molar-refractivity contribution is 0.628. The summed E-state index contributed by atoms with van der Waals surface area (Å²) in [7, 11) is 0. The molecule has 0 fully saturated rings. The van der Waals surface area contributed by atoms with Crippen molar-refractivity contribution in [1.29, 1.82) is 0 Å². The molecule has 3 rings (SSSR count). The Balaban J connectivity index is 1.86. The summed E-state index contributed by atoms with van der Waals surface area (Å²) in [5, 5.41) is 6.35. The molecule has 24 heavy (non-hydrogen) atoms. The summed E-state index contributed by atoms with van der Waals surface area (Å²) in [4.78, 5) is 8.88. The highest BCUT2D eigenvalue weighted by Crippen LogP contribution is 2.22. The van der Waals surface area contributed by atoms with E-state index in [1.165, 1.54) is 17.7 Å². The van der Waals surface area contributed by atoms with Gasteiger partial charge in [-0.1, -0.05) is 23.8 Å². The predicted octanol–water partition coefficient (Wildman–Crippen LogP) is 5.03. The maximum Gasteiger partial charge on any atom is 0.229 e. The first-order valence-electron chi connectivity index (χ1n) is 7.72. The Labute approximate surface area is 140 Å². The van der Waals surface area contributed by atoms with Gasteiger partial charge in [0.25, 0.3) is 0 Å². The highest BCUT2D eigenvalue weighted by atomic mass is 19.1. The number of rotatable bonds is 4. The Morgan fingerprint density at radius 2 is 1.71 bits per heavy atom. The van der Waals surface area contributed by atoms with Crippen molar-refractivity contribution in [1.82, 2.24) is 9.97 Å². The van der Waals surface area contributed by atoms with Crippen LogP contribution in [-0.4, -0.2) is 9.97 Å². The molecule has 0 bridgehead atoms. The molecule has 1 aromatic heterocycles. The molecular formula is C19H19FN4. The van der Waals surface area contributed by atoms with Crippen LogP contribution in [0.5, 0.6) is 0 Å². The molecule has 3 aromatic rings. The zero-order chi connectivity index (χ0) is 17.1. The maximum absolute atomic E-state index is 13.3. The van der Waals surface area contributed by atoms with E-state index in [4.69, 9.17) is 0 Å². The molecule has 2 aromatic carbocycles. The van der Waals surface area contributed by atoms with Gasteiger partial charge in [0.15, 0.2) is 0 Å². The topological polar surface area (TPSA) is 49.8 Å². The molecule has 0 aliphatic carbocycles. The van der Waals surface area contributed by atoms with Gasteiger partial charge in [0.1, 0.15) is 11.6 Å². The van der Waals surface area contributed by atoms with Crippen LogP contribution in [0, 0.1) is 26.6 Å². The molecule has 2 N–H and O–H groups in total. The van der Waals surface area contributed by atoms with E-state index < -0.39 is 0 Å². The highest BCUT2D eigenvalue weighted by Gasteiger charge is 2.06. The molecule has 0 radical (unpaired) electrons. The number of anilines is 4. The largest absolute Gasteiger partial charge is 0.340 e. The second-order valence-electron chi connectivity index (χ2n) is 5.80. The third kappa shape index (κ3) is 3.87. The summed E-state index contributed by atoms with van der Waals surface area (Å²) in [6.45, 7) is 5.99. The van der Waals surface area contributed by atoms with E-state index in [2.05, 4.69) is 33.6 Å². The molecule has 0 amide bonds. The average Bonchev–Trinajstić information content (AvgIpc) is 2.49. The van der Waals surface area contributed by atoms with Gasteiger partial charge in [-0.25, -0.2) is 9.37 Å². The SMILES string of the molecule is Cc1ccc(Nc2nc(C)cc(Nc3cccc(F)c3)n2)c(C)c1. The molecular weight excluding hydrogens is 303 g/mol. The van der Waals surface area contributed by atoms with Crippen molar-refractivity contribution < 1.29 is 4.39 Å². The van der Waals surface area contributed by atoms with E-state index in [1.807, 2.05) is 32.0 Å². The van der Waals surface area contributed by atoms with E-state index >= 15 is 0 Å². The fraction of sp³-hybridized carbons (Fsp3) is 0.158. The third-order valence-corrected chi connectivity index (χ3v) is 3.58. The van der Waals surface area contributed by atoms with Gasteiger partial charge in [0.2, 0.25) is 5.95 Å². The number of aromatic nitrogens is 2. The summed E-state index contributed by atoms with van der Waals surface area (Å²) in [5.41, 5.74) is 4.75. The fourth-order valence-electron chi connectivity index (χ4n) is 2.48. The van der Waals surface area contributed by atoms with Crippen molar-refractivity contribution in [2.45, 2.75) is 20.8 Å². The quantitative estimate of drug-likeness (QED) is 0.707. The summed E-state index contributed by atoms with van der Waals surface area (Å²) < 4.78 is 13.3. The first-order valence-corrected chi connectivity index (χ1v) is 7.72. The molecule has 122 valence electrons. The second kappa shape index (κ2) is 6.66. The molecule has 0 saturated carbocycles. The normalized spacial score (nSPS) is 10.5. The van der Waals surface area contributed by atoms with E-state index in [-0.39, 0.29) is 5.82 Å². The molecule has 0 aliphatic rings. The van der Waals surface area contributed by atoms with Gasteiger partial charge in [0, 0.05) is 23.1 Å². The smallest absolute Gasteiger partial charge is 0.229 e. The van der Waals surface area contributed by atoms with Gasteiger partial charge < -0.3 is 10.6 Å². The van der Waals surface area contributed by atoms with Crippen LogP contribution in [0.3, 0.4) is 0 Å². The van der Waals surface area contributed by atoms with Crippen LogP contribution in [-0.2, 0) is 0 Å². The van der Waals surface area contributed by atoms with E-state index in [0.29, 0.717) is 17.5 Å². The fourth-order valence-corrected chi connectivity index (χ4v) is 2.48. The van der Waals surface area contributed by atoms with Crippen molar-refractivity contribution in [2.75, 3.05) is 10.6 Å². The van der Waals surface area contributed by atoms with Crippen LogP contribution in [0.1, 0.15) is 16.8 Å². The Morgan fingerprint density at radius 3 is 2.46 bits per heavy atom. The molecule has 1 heterocycles. The third-order valence-electron chi connectivity index (χ3n) is 3.58. The van der Waals surface area contributed by atoms with Gasteiger partial charge in [-0.15, -0.1) is 0 Å². The number of nitrogens with zero attached hydrogens (tertiary/aromatic N) is 2. The molecule has 4 nitrogen and oxygen atoms in total. The Morgan fingerprint density at radius 1 is 0.875 bits per heavy atom. The van der Waals surface area contributed by atoms with Crippen molar-refractivity contribution in [3.05, 3.63) is 71.2 Å². The first kappa shape index (κ1) is 15.9.